The molecule has 0 bridgehead atoms. The van der Waals surface area contributed by atoms with Gasteiger partial charge in [-0.3, -0.25) is 9.59 Å². The first kappa shape index (κ1) is 18.2. The monoisotopic (exact) mass is 336 g/mol. The van der Waals surface area contributed by atoms with E-state index < -0.39 is 5.82 Å². The summed E-state index contributed by atoms with van der Waals surface area (Å²) >= 11 is 0. The molecular formula is C18H25FN2O3. The highest BCUT2D eigenvalue weighted by Crippen LogP contribution is 2.23. The number of ether oxygens (including phenoxy) is 1. The van der Waals surface area contributed by atoms with Gasteiger partial charge in [0, 0.05) is 19.0 Å². The van der Waals surface area contributed by atoms with Crippen LogP contribution in [0.25, 0.3) is 0 Å². The molecule has 1 heterocycles. The number of carbonyl (C=O) groups excluding carboxylic acids is 2. The van der Waals surface area contributed by atoms with Crippen LogP contribution in [0.4, 0.5) is 4.39 Å². The van der Waals surface area contributed by atoms with Gasteiger partial charge in [0.25, 0.3) is 0 Å². The van der Waals surface area contributed by atoms with Gasteiger partial charge in [0.05, 0.1) is 13.0 Å². The predicted octanol–water partition coefficient (Wildman–Crippen LogP) is 2.27. The minimum atomic E-state index is -0.393. The van der Waals surface area contributed by atoms with Crippen LogP contribution in [0.5, 0.6) is 5.75 Å². The molecule has 0 spiro atoms. The average Bonchev–Trinajstić information content (AvgIpc) is 2.55. The summed E-state index contributed by atoms with van der Waals surface area (Å²) in [5.41, 5.74) is 6.20. The second kappa shape index (κ2) is 8.13. The molecule has 2 rings (SSSR count). The standard InChI is InChI=1S/C18H25FN2O3/c1-12-6-8-14(18(20)23)11-21(12)17(22)5-3-4-13-7-9-16(24-2)15(19)10-13/h7,9-10,12,14H,3-6,8,11H2,1-2H3,(H2,20,23). The Morgan fingerprint density at radius 1 is 1.38 bits per heavy atom. The second-order valence-electron chi connectivity index (χ2n) is 6.39. The van der Waals surface area contributed by atoms with Crippen molar-refractivity contribution in [1.29, 1.82) is 0 Å². The molecule has 1 aromatic carbocycles. The molecule has 1 aliphatic heterocycles. The first-order chi connectivity index (χ1) is 11.4. The number of benzene rings is 1. The molecule has 2 N–H and O–H groups in total. The highest BCUT2D eigenvalue weighted by Gasteiger charge is 2.31. The van der Waals surface area contributed by atoms with E-state index in [1.165, 1.54) is 13.2 Å². The van der Waals surface area contributed by atoms with Crippen LogP contribution >= 0.6 is 0 Å². The Bertz CT molecular complexity index is 606. The maximum absolute atomic E-state index is 13.7. The number of hydrogen-bond donors (Lipinski definition) is 1. The van der Waals surface area contributed by atoms with Gasteiger partial charge in [-0.25, -0.2) is 4.39 Å². The zero-order valence-corrected chi connectivity index (χ0v) is 14.3. The summed E-state index contributed by atoms with van der Waals surface area (Å²) in [6.07, 6.45) is 3.17. The Kier molecular flexibility index (Phi) is 6.17. The van der Waals surface area contributed by atoms with E-state index in [0.29, 0.717) is 25.8 Å². The highest BCUT2D eigenvalue weighted by atomic mass is 19.1. The number of nitrogens with zero attached hydrogens (tertiary/aromatic N) is 1. The zero-order chi connectivity index (χ0) is 17.7. The van der Waals surface area contributed by atoms with Gasteiger partial charge in [0.2, 0.25) is 11.8 Å². The number of likely N-dealkylation sites (tertiary alicyclic amines) is 1. The first-order valence-corrected chi connectivity index (χ1v) is 8.33. The summed E-state index contributed by atoms with van der Waals surface area (Å²) in [5.74, 6) is -0.735. The van der Waals surface area contributed by atoms with E-state index in [-0.39, 0.29) is 29.5 Å². The van der Waals surface area contributed by atoms with E-state index >= 15 is 0 Å². The van der Waals surface area contributed by atoms with Crippen LogP contribution in [0.15, 0.2) is 18.2 Å². The van der Waals surface area contributed by atoms with Crippen molar-refractivity contribution in [1.82, 2.24) is 4.90 Å². The molecule has 2 atom stereocenters. The second-order valence-corrected chi connectivity index (χ2v) is 6.39. The van der Waals surface area contributed by atoms with E-state index in [9.17, 15) is 14.0 Å². The fraction of sp³-hybridized carbons (Fsp3) is 0.556. The lowest BCUT2D eigenvalue weighted by Crippen LogP contribution is -2.48. The molecular weight excluding hydrogens is 311 g/mol. The summed E-state index contributed by atoms with van der Waals surface area (Å²) in [7, 11) is 1.43. The lowest BCUT2D eigenvalue weighted by atomic mass is 9.92. The van der Waals surface area contributed by atoms with Crippen molar-refractivity contribution in [3.8, 4) is 5.75 Å². The van der Waals surface area contributed by atoms with Gasteiger partial charge < -0.3 is 15.4 Å². The average molecular weight is 336 g/mol. The Hall–Kier alpha value is -2.11. The minimum Gasteiger partial charge on any atom is -0.494 e. The maximum atomic E-state index is 13.7. The van der Waals surface area contributed by atoms with Gasteiger partial charge in [-0.05, 0) is 50.3 Å². The van der Waals surface area contributed by atoms with Crippen molar-refractivity contribution >= 4 is 11.8 Å². The van der Waals surface area contributed by atoms with E-state index in [1.807, 2.05) is 6.92 Å². The summed E-state index contributed by atoms with van der Waals surface area (Å²) in [4.78, 5) is 25.5. The normalized spacial score (nSPS) is 20.7. The Morgan fingerprint density at radius 3 is 2.75 bits per heavy atom. The van der Waals surface area contributed by atoms with Gasteiger partial charge in [-0.2, -0.15) is 0 Å². The van der Waals surface area contributed by atoms with E-state index in [4.69, 9.17) is 10.5 Å². The Morgan fingerprint density at radius 2 is 2.12 bits per heavy atom. The molecule has 0 radical (unpaired) electrons. The van der Waals surface area contributed by atoms with Gasteiger partial charge in [0.15, 0.2) is 11.6 Å². The highest BCUT2D eigenvalue weighted by molar-refractivity contribution is 5.80. The third kappa shape index (κ3) is 4.46. The Labute approximate surface area is 142 Å². The number of amides is 2. The molecule has 0 aromatic heterocycles. The summed E-state index contributed by atoms with van der Waals surface area (Å²) in [6, 6.07) is 4.97. The summed E-state index contributed by atoms with van der Waals surface area (Å²) in [6.45, 7) is 2.40. The zero-order valence-electron chi connectivity index (χ0n) is 14.3. The number of halogens is 1. The molecule has 1 fully saturated rings. The quantitative estimate of drug-likeness (QED) is 0.866. The molecule has 2 amide bonds. The molecule has 132 valence electrons. The molecule has 24 heavy (non-hydrogen) atoms. The minimum absolute atomic E-state index is 0.0300. The number of nitrogens with two attached hydrogens (primary N) is 1. The molecule has 2 unspecified atom stereocenters. The van der Waals surface area contributed by atoms with Crippen molar-refractivity contribution in [2.24, 2.45) is 11.7 Å². The lowest BCUT2D eigenvalue weighted by Gasteiger charge is -2.37. The molecule has 1 aromatic rings. The number of carbonyl (C=O) groups is 2. The summed E-state index contributed by atoms with van der Waals surface area (Å²) < 4.78 is 18.5. The molecule has 0 saturated carbocycles. The molecule has 1 aliphatic rings. The molecule has 1 saturated heterocycles. The smallest absolute Gasteiger partial charge is 0.222 e. The third-order valence-electron chi connectivity index (χ3n) is 4.68. The van der Waals surface area contributed by atoms with Crippen LogP contribution in [0.2, 0.25) is 0 Å². The van der Waals surface area contributed by atoms with Crippen LogP contribution in [0, 0.1) is 11.7 Å². The summed E-state index contributed by atoms with van der Waals surface area (Å²) in [5, 5.41) is 0. The molecule has 0 aliphatic carbocycles. The fourth-order valence-corrected chi connectivity index (χ4v) is 3.14. The van der Waals surface area contributed by atoms with Crippen LogP contribution in [-0.2, 0) is 16.0 Å². The number of rotatable bonds is 6. The van der Waals surface area contributed by atoms with Crippen molar-refractivity contribution in [2.75, 3.05) is 13.7 Å². The fourth-order valence-electron chi connectivity index (χ4n) is 3.14. The number of aryl methyl sites for hydroxylation is 1. The van der Waals surface area contributed by atoms with Crippen molar-refractivity contribution in [2.45, 2.75) is 45.1 Å². The van der Waals surface area contributed by atoms with Crippen molar-refractivity contribution in [3.63, 3.8) is 0 Å². The van der Waals surface area contributed by atoms with Gasteiger partial charge >= 0.3 is 0 Å². The van der Waals surface area contributed by atoms with Crippen molar-refractivity contribution in [3.05, 3.63) is 29.6 Å². The van der Waals surface area contributed by atoms with Gasteiger partial charge in [-0.1, -0.05) is 6.07 Å². The predicted molar refractivity (Wildman–Crippen MR) is 89.0 cm³/mol. The topological polar surface area (TPSA) is 72.6 Å². The molecule has 6 heteroatoms. The molecule has 5 nitrogen and oxygen atoms in total. The first-order valence-electron chi connectivity index (χ1n) is 8.33. The van der Waals surface area contributed by atoms with Crippen LogP contribution in [0.1, 0.15) is 38.2 Å². The van der Waals surface area contributed by atoms with Crippen LogP contribution in [0.3, 0.4) is 0 Å². The van der Waals surface area contributed by atoms with Gasteiger partial charge in [-0.15, -0.1) is 0 Å². The maximum Gasteiger partial charge on any atom is 0.222 e. The van der Waals surface area contributed by atoms with Crippen LogP contribution < -0.4 is 10.5 Å². The lowest BCUT2D eigenvalue weighted by molar-refractivity contribution is -0.137. The SMILES string of the molecule is COc1ccc(CCCC(=O)N2CC(C(N)=O)CCC2C)cc1F. The van der Waals surface area contributed by atoms with Crippen LogP contribution in [-0.4, -0.2) is 36.4 Å². The third-order valence-corrected chi connectivity index (χ3v) is 4.68. The Balaban J connectivity index is 1.86. The van der Waals surface area contributed by atoms with E-state index in [0.717, 1.165) is 18.4 Å². The number of methoxy groups -OCH3 is 1. The van der Waals surface area contributed by atoms with E-state index in [1.54, 1.807) is 17.0 Å². The number of hydrogen-bond acceptors (Lipinski definition) is 3. The largest absolute Gasteiger partial charge is 0.494 e. The van der Waals surface area contributed by atoms with Crippen molar-refractivity contribution < 1.29 is 18.7 Å². The van der Waals surface area contributed by atoms with Gasteiger partial charge in [0.1, 0.15) is 0 Å². The number of primary amides is 1. The number of piperidine rings is 1. The van der Waals surface area contributed by atoms with E-state index in [2.05, 4.69) is 0 Å².